The molecule has 1 fully saturated rings. The van der Waals surface area contributed by atoms with Crippen LogP contribution in [0.2, 0.25) is 0 Å². The second-order valence-electron chi connectivity index (χ2n) is 7.71. The Morgan fingerprint density at radius 3 is 2.81 bits per heavy atom. The Morgan fingerprint density at radius 1 is 1.19 bits per heavy atom. The molecule has 1 aliphatic carbocycles. The molecule has 26 heavy (non-hydrogen) atoms. The van der Waals surface area contributed by atoms with Gasteiger partial charge in [0, 0.05) is 30.0 Å². The molecule has 136 valence electrons. The molecule has 0 radical (unpaired) electrons. The highest BCUT2D eigenvalue weighted by molar-refractivity contribution is 9.10. The van der Waals surface area contributed by atoms with Crippen molar-refractivity contribution in [3.05, 3.63) is 69.7 Å². The average Bonchev–Trinajstić information content (AvgIpc) is 3.40. The average molecular weight is 413 g/mol. The number of hydrogen-bond donors (Lipinski definition) is 1. The van der Waals surface area contributed by atoms with Crippen molar-refractivity contribution >= 4 is 21.8 Å². The lowest BCUT2D eigenvalue weighted by molar-refractivity contribution is -0.121. The minimum atomic E-state index is 0.196. The van der Waals surface area contributed by atoms with Gasteiger partial charge < -0.3 is 5.32 Å². The van der Waals surface area contributed by atoms with Gasteiger partial charge in [-0.15, -0.1) is 0 Å². The molecule has 2 aromatic carbocycles. The van der Waals surface area contributed by atoms with Crippen LogP contribution in [0.4, 0.5) is 0 Å². The normalized spacial score (nSPS) is 24.8. The first kappa shape index (κ1) is 17.7. The Kier molecular flexibility index (Phi) is 5.14. The molecule has 0 bridgehead atoms. The van der Waals surface area contributed by atoms with Gasteiger partial charge in [-0.3, -0.25) is 9.69 Å². The summed E-state index contributed by atoms with van der Waals surface area (Å²) in [6.45, 7) is 1.67. The Morgan fingerprint density at radius 2 is 2.00 bits per heavy atom. The van der Waals surface area contributed by atoms with Crippen LogP contribution in [0, 0.1) is 5.92 Å². The Labute approximate surface area is 163 Å². The van der Waals surface area contributed by atoms with Crippen LogP contribution in [0.25, 0.3) is 0 Å². The lowest BCUT2D eigenvalue weighted by atomic mass is 9.94. The maximum Gasteiger partial charge on any atom is 0.220 e. The minimum absolute atomic E-state index is 0.196. The van der Waals surface area contributed by atoms with Crippen molar-refractivity contribution in [2.75, 3.05) is 13.6 Å². The van der Waals surface area contributed by atoms with Crippen molar-refractivity contribution in [2.24, 2.45) is 5.92 Å². The zero-order valence-electron chi connectivity index (χ0n) is 15.1. The molecule has 1 saturated carbocycles. The van der Waals surface area contributed by atoms with Crippen molar-refractivity contribution in [3.63, 3.8) is 0 Å². The van der Waals surface area contributed by atoms with Gasteiger partial charge in [-0.1, -0.05) is 52.3 Å². The zero-order valence-corrected chi connectivity index (χ0v) is 16.7. The summed E-state index contributed by atoms with van der Waals surface area (Å²) >= 11 is 3.56. The Balaban J connectivity index is 1.27. The van der Waals surface area contributed by atoms with E-state index >= 15 is 0 Å². The lowest BCUT2D eigenvalue weighted by Gasteiger charge is -2.34. The monoisotopic (exact) mass is 412 g/mol. The van der Waals surface area contributed by atoms with Crippen molar-refractivity contribution in [2.45, 2.75) is 37.8 Å². The SMILES string of the molecule is CN1Cc2ccc(Br)cc2C[C@@H]1CNC(=O)CC1CC1c1ccccc1. The summed E-state index contributed by atoms with van der Waals surface area (Å²) in [6, 6.07) is 17.4. The van der Waals surface area contributed by atoms with Gasteiger partial charge >= 0.3 is 0 Å². The van der Waals surface area contributed by atoms with E-state index in [1.54, 1.807) is 0 Å². The van der Waals surface area contributed by atoms with E-state index in [-0.39, 0.29) is 5.91 Å². The van der Waals surface area contributed by atoms with Gasteiger partial charge in [0.1, 0.15) is 0 Å². The number of halogens is 1. The van der Waals surface area contributed by atoms with Crippen LogP contribution in [0.3, 0.4) is 0 Å². The number of fused-ring (bicyclic) bond motifs is 1. The number of hydrogen-bond acceptors (Lipinski definition) is 2. The van der Waals surface area contributed by atoms with Crippen molar-refractivity contribution in [3.8, 4) is 0 Å². The van der Waals surface area contributed by atoms with E-state index in [4.69, 9.17) is 0 Å². The predicted molar refractivity (Wildman–Crippen MR) is 108 cm³/mol. The van der Waals surface area contributed by atoms with Gasteiger partial charge in [-0.25, -0.2) is 0 Å². The Hall–Kier alpha value is -1.65. The van der Waals surface area contributed by atoms with Gasteiger partial charge in [0.15, 0.2) is 0 Å². The summed E-state index contributed by atoms with van der Waals surface area (Å²) in [7, 11) is 2.15. The molecule has 1 N–H and O–H groups in total. The van der Waals surface area contributed by atoms with Crippen LogP contribution < -0.4 is 5.32 Å². The van der Waals surface area contributed by atoms with E-state index in [0.29, 0.717) is 24.3 Å². The number of rotatable bonds is 5. The van der Waals surface area contributed by atoms with Crippen LogP contribution in [-0.4, -0.2) is 30.4 Å². The molecule has 2 aromatic rings. The van der Waals surface area contributed by atoms with Crippen LogP contribution in [0.15, 0.2) is 53.0 Å². The van der Waals surface area contributed by atoms with Gasteiger partial charge in [-0.05, 0) is 60.5 Å². The van der Waals surface area contributed by atoms with Crippen LogP contribution in [0.5, 0.6) is 0 Å². The largest absolute Gasteiger partial charge is 0.355 e. The van der Waals surface area contributed by atoms with E-state index in [1.807, 2.05) is 6.07 Å². The van der Waals surface area contributed by atoms with Crippen molar-refractivity contribution < 1.29 is 4.79 Å². The smallest absolute Gasteiger partial charge is 0.220 e. The summed E-state index contributed by atoms with van der Waals surface area (Å²) in [4.78, 5) is 14.7. The summed E-state index contributed by atoms with van der Waals surface area (Å²) < 4.78 is 1.13. The van der Waals surface area contributed by atoms with Crippen LogP contribution in [0.1, 0.15) is 35.4 Å². The first-order valence-corrected chi connectivity index (χ1v) is 10.2. The second kappa shape index (κ2) is 7.53. The zero-order chi connectivity index (χ0) is 18.1. The van der Waals surface area contributed by atoms with E-state index in [9.17, 15) is 4.79 Å². The molecule has 2 aliphatic rings. The maximum absolute atomic E-state index is 12.4. The van der Waals surface area contributed by atoms with E-state index in [2.05, 4.69) is 75.7 Å². The fraction of sp³-hybridized carbons (Fsp3) is 0.409. The highest BCUT2D eigenvalue weighted by Crippen LogP contribution is 2.49. The summed E-state index contributed by atoms with van der Waals surface area (Å²) in [5.74, 6) is 1.28. The first-order chi connectivity index (χ1) is 12.6. The number of nitrogens with one attached hydrogen (secondary N) is 1. The fourth-order valence-corrected chi connectivity index (χ4v) is 4.51. The molecule has 2 unspecified atom stereocenters. The number of carbonyl (C=O) groups excluding carboxylic acids is 1. The fourth-order valence-electron chi connectivity index (χ4n) is 4.10. The van der Waals surface area contributed by atoms with E-state index < -0.39 is 0 Å². The quantitative estimate of drug-likeness (QED) is 0.800. The molecular weight excluding hydrogens is 388 g/mol. The highest BCUT2D eigenvalue weighted by atomic mass is 79.9. The highest BCUT2D eigenvalue weighted by Gasteiger charge is 2.39. The molecule has 0 spiro atoms. The van der Waals surface area contributed by atoms with Gasteiger partial charge in [-0.2, -0.15) is 0 Å². The number of likely N-dealkylation sites (N-methyl/N-ethyl adjacent to an activating group) is 1. The van der Waals surface area contributed by atoms with E-state index in [1.165, 1.54) is 16.7 Å². The third-order valence-electron chi connectivity index (χ3n) is 5.80. The summed E-state index contributed by atoms with van der Waals surface area (Å²) in [6.07, 6.45) is 2.78. The van der Waals surface area contributed by atoms with Gasteiger partial charge in [0.25, 0.3) is 0 Å². The predicted octanol–water partition coefficient (Wildman–Crippen LogP) is 4.12. The number of carbonyl (C=O) groups is 1. The maximum atomic E-state index is 12.4. The molecular formula is C22H25BrN2O. The molecule has 3 nitrogen and oxygen atoms in total. The Bertz CT molecular complexity index is 792. The first-order valence-electron chi connectivity index (χ1n) is 9.39. The van der Waals surface area contributed by atoms with Crippen LogP contribution in [-0.2, 0) is 17.8 Å². The van der Waals surface area contributed by atoms with Gasteiger partial charge in [0.05, 0.1) is 0 Å². The third kappa shape index (κ3) is 4.02. The standard InChI is InChI=1S/C22H25BrN2O/c1-25-14-16-7-8-19(23)9-17(16)10-20(25)13-24-22(26)12-18-11-21(18)15-5-3-2-4-6-15/h2-9,18,20-21H,10-14H2,1H3,(H,24,26)/t18?,20-,21?/m1/s1. The van der Waals surface area contributed by atoms with Crippen molar-refractivity contribution in [1.82, 2.24) is 10.2 Å². The second-order valence-corrected chi connectivity index (χ2v) is 8.62. The molecule has 1 aliphatic heterocycles. The summed E-state index contributed by atoms with van der Waals surface area (Å²) in [5.41, 5.74) is 4.16. The molecule has 3 atom stereocenters. The topological polar surface area (TPSA) is 32.3 Å². The summed E-state index contributed by atoms with van der Waals surface area (Å²) in [5, 5.41) is 3.18. The lowest BCUT2D eigenvalue weighted by Crippen LogP contribution is -2.45. The molecule has 0 aromatic heterocycles. The van der Waals surface area contributed by atoms with Crippen LogP contribution >= 0.6 is 15.9 Å². The number of benzene rings is 2. The number of amides is 1. The molecule has 4 rings (SSSR count). The van der Waals surface area contributed by atoms with Gasteiger partial charge in [0.2, 0.25) is 5.91 Å². The molecule has 1 amide bonds. The third-order valence-corrected chi connectivity index (χ3v) is 6.29. The molecule has 4 heteroatoms. The molecule has 0 saturated heterocycles. The van der Waals surface area contributed by atoms with Crippen molar-refractivity contribution in [1.29, 1.82) is 0 Å². The minimum Gasteiger partial charge on any atom is -0.355 e. The molecule has 1 heterocycles. The van der Waals surface area contributed by atoms with E-state index in [0.717, 1.165) is 30.4 Å². The number of nitrogens with zero attached hydrogens (tertiary/aromatic N) is 1.